The molecule has 2 saturated heterocycles. The van der Waals surface area contributed by atoms with Crippen molar-refractivity contribution in [2.45, 2.75) is 56.6 Å². The first-order valence-corrected chi connectivity index (χ1v) is 11.6. The maximum Gasteiger partial charge on any atom is 0.410 e. The van der Waals surface area contributed by atoms with Crippen LogP contribution in [0.15, 0.2) is 28.9 Å². The molecule has 168 valence electrons. The fraction of sp³-hybridized carbons (Fsp3) is 0.565. The molecule has 0 radical (unpaired) electrons. The maximum absolute atomic E-state index is 12.3. The van der Waals surface area contributed by atoms with E-state index in [0.29, 0.717) is 31.4 Å². The van der Waals surface area contributed by atoms with Gasteiger partial charge in [-0.2, -0.15) is 10.1 Å². The highest BCUT2D eigenvalue weighted by atomic mass is 16.6. The van der Waals surface area contributed by atoms with Crippen LogP contribution in [-0.4, -0.2) is 63.3 Å². The highest BCUT2D eigenvalue weighted by Crippen LogP contribution is 2.31. The summed E-state index contributed by atoms with van der Waals surface area (Å²) in [6.07, 6.45) is 7.57. The molecule has 3 aromatic rings. The molecule has 9 nitrogen and oxygen atoms in total. The van der Waals surface area contributed by atoms with Crippen molar-refractivity contribution in [2.24, 2.45) is 0 Å². The minimum atomic E-state index is -0.181. The van der Waals surface area contributed by atoms with Gasteiger partial charge in [-0.05, 0) is 50.7 Å². The normalized spacial score (nSPS) is 22.4. The molecule has 2 aromatic heterocycles. The zero-order valence-electron chi connectivity index (χ0n) is 18.0. The molecule has 1 aromatic carbocycles. The predicted octanol–water partition coefficient (Wildman–Crippen LogP) is 3.92. The molecule has 1 saturated carbocycles. The summed E-state index contributed by atoms with van der Waals surface area (Å²) in [6, 6.07) is 6.37. The molecule has 1 aliphatic carbocycles. The van der Waals surface area contributed by atoms with E-state index in [2.05, 4.69) is 16.3 Å². The second-order valence-corrected chi connectivity index (χ2v) is 9.04. The van der Waals surface area contributed by atoms with Crippen molar-refractivity contribution in [1.29, 1.82) is 0 Å². The number of carbonyl (C=O) groups is 1. The second kappa shape index (κ2) is 8.20. The first-order valence-electron chi connectivity index (χ1n) is 11.6. The van der Waals surface area contributed by atoms with E-state index in [1.807, 2.05) is 23.0 Å². The van der Waals surface area contributed by atoms with Crippen molar-refractivity contribution in [3.63, 3.8) is 0 Å². The molecule has 0 N–H and O–H groups in total. The van der Waals surface area contributed by atoms with Crippen molar-refractivity contribution in [1.82, 2.24) is 24.8 Å². The fourth-order valence-corrected chi connectivity index (χ4v) is 4.72. The van der Waals surface area contributed by atoms with Gasteiger partial charge in [-0.1, -0.05) is 11.2 Å². The van der Waals surface area contributed by atoms with Crippen LogP contribution in [0.1, 0.15) is 56.3 Å². The fourth-order valence-electron chi connectivity index (χ4n) is 4.72. The van der Waals surface area contributed by atoms with E-state index in [0.717, 1.165) is 61.6 Å². The second-order valence-electron chi connectivity index (χ2n) is 9.04. The number of hydrogen-bond acceptors (Lipinski definition) is 7. The average Bonchev–Trinajstić information content (AvgIpc) is 3.56. The van der Waals surface area contributed by atoms with Gasteiger partial charge in [0.1, 0.15) is 6.10 Å². The molecule has 3 aliphatic rings. The van der Waals surface area contributed by atoms with Gasteiger partial charge in [0.25, 0.3) is 5.89 Å². The van der Waals surface area contributed by atoms with Crippen LogP contribution >= 0.6 is 0 Å². The minimum Gasteiger partial charge on any atom is -0.446 e. The highest BCUT2D eigenvalue weighted by Gasteiger charge is 2.30. The summed E-state index contributed by atoms with van der Waals surface area (Å²) in [7, 11) is 0. The molecule has 9 heteroatoms. The molecule has 1 unspecified atom stereocenters. The number of piperidine rings is 1. The Labute approximate surface area is 185 Å². The standard InChI is InChI=1S/C23H27N5O4/c29-23(31-19-2-1-3-19)27-9-6-15(7-10-27)21-25-22(32-26-21)16-4-5-17-13-24-28(20(17)12-16)18-8-11-30-14-18/h4-5,12-13,15,18-19H,1-3,6-11,14H2. The number of likely N-dealkylation sites (tertiary alicyclic amines) is 1. The van der Waals surface area contributed by atoms with Gasteiger partial charge in [0.05, 0.1) is 24.4 Å². The average molecular weight is 438 g/mol. The topological polar surface area (TPSA) is 95.5 Å². The first-order chi connectivity index (χ1) is 15.7. The molecule has 4 heterocycles. The molecule has 1 atom stereocenters. The van der Waals surface area contributed by atoms with Crippen molar-refractivity contribution in [3.8, 4) is 11.5 Å². The van der Waals surface area contributed by atoms with Crippen LogP contribution < -0.4 is 0 Å². The number of fused-ring (bicyclic) bond motifs is 1. The lowest BCUT2D eigenvalue weighted by atomic mass is 9.96. The quantitative estimate of drug-likeness (QED) is 0.610. The number of benzene rings is 1. The Balaban J connectivity index is 1.14. The van der Waals surface area contributed by atoms with E-state index in [1.54, 1.807) is 4.90 Å². The Morgan fingerprint density at radius 3 is 2.75 bits per heavy atom. The predicted molar refractivity (Wildman–Crippen MR) is 115 cm³/mol. The Morgan fingerprint density at radius 2 is 2.00 bits per heavy atom. The zero-order valence-corrected chi connectivity index (χ0v) is 18.0. The van der Waals surface area contributed by atoms with E-state index in [1.165, 1.54) is 0 Å². The summed E-state index contributed by atoms with van der Waals surface area (Å²) < 4.78 is 18.7. The molecule has 0 spiro atoms. The minimum absolute atomic E-state index is 0.120. The van der Waals surface area contributed by atoms with Gasteiger partial charge in [0.2, 0.25) is 0 Å². The van der Waals surface area contributed by atoms with Gasteiger partial charge in [-0.25, -0.2) is 4.79 Å². The molecular weight excluding hydrogens is 410 g/mol. The SMILES string of the molecule is O=C(OC1CCC1)N1CCC(c2noc(-c3ccc4cnn(C5CCOC5)c4c3)n2)CC1. The van der Waals surface area contributed by atoms with Crippen LogP contribution in [0.25, 0.3) is 22.4 Å². The van der Waals surface area contributed by atoms with Gasteiger partial charge in [-0.15, -0.1) is 0 Å². The van der Waals surface area contributed by atoms with Crippen molar-refractivity contribution >= 4 is 17.0 Å². The van der Waals surface area contributed by atoms with Gasteiger partial charge >= 0.3 is 6.09 Å². The summed E-state index contributed by atoms with van der Waals surface area (Å²) in [5.74, 6) is 1.42. The summed E-state index contributed by atoms with van der Waals surface area (Å²) in [5.41, 5.74) is 1.94. The number of aromatic nitrogens is 4. The smallest absolute Gasteiger partial charge is 0.410 e. The van der Waals surface area contributed by atoms with Gasteiger partial charge < -0.3 is 18.9 Å². The summed E-state index contributed by atoms with van der Waals surface area (Å²) >= 11 is 0. The molecule has 0 bridgehead atoms. The van der Waals surface area contributed by atoms with Crippen LogP contribution in [0.2, 0.25) is 0 Å². The lowest BCUT2D eigenvalue weighted by Crippen LogP contribution is -2.41. The molecular formula is C23H27N5O4. The summed E-state index contributed by atoms with van der Waals surface area (Å²) in [4.78, 5) is 18.8. The number of nitrogens with zero attached hydrogens (tertiary/aromatic N) is 5. The van der Waals surface area contributed by atoms with Crippen LogP contribution in [0, 0.1) is 0 Å². The van der Waals surface area contributed by atoms with Crippen molar-refractivity contribution in [3.05, 3.63) is 30.2 Å². The molecule has 32 heavy (non-hydrogen) atoms. The highest BCUT2D eigenvalue weighted by molar-refractivity contribution is 5.83. The van der Waals surface area contributed by atoms with Crippen molar-refractivity contribution < 1.29 is 18.8 Å². The van der Waals surface area contributed by atoms with E-state index >= 15 is 0 Å². The largest absolute Gasteiger partial charge is 0.446 e. The Bertz CT molecular complexity index is 1110. The van der Waals surface area contributed by atoms with Crippen LogP contribution in [0.5, 0.6) is 0 Å². The third kappa shape index (κ3) is 3.64. The van der Waals surface area contributed by atoms with Crippen molar-refractivity contribution in [2.75, 3.05) is 26.3 Å². The van der Waals surface area contributed by atoms with Crippen LogP contribution in [0.3, 0.4) is 0 Å². The van der Waals surface area contributed by atoms with Gasteiger partial charge in [0.15, 0.2) is 5.82 Å². The maximum atomic E-state index is 12.3. The number of carbonyl (C=O) groups excluding carboxylic acids is 1. The van der Waals surface area contributed by atoms with Crippen LogP contribution in [-0.2, 0) is 9.47 Å². The van der Waals surface area contributed by atoms with E-state index in [9.17, 15) is 4.79 Å². The number of ether oxygens (including phenoxy) is 2. The molecule has 1 amide bonds. The molecule has 3 fully saturated rings. The third-order valence-electron chi connectivity index (χ3n) is 6.98. The van der Waals surface area contributed by atoms with Gasteiger partial charge in [0, 0.05) is 36.6 Å². The number of rotatable bonds is 4. The lowest BCUT2D eigenvalue weighted by Gasteiger charge is -2.33. The Hall–Kier alpha value is -2.94. The zero-order chi connectivity index (χ0) is 21.5. The number of amides is 1. The monoisotopic (exact) mass is 437 g/mol. The first kappa shape index (κ1) is 19.7. The van der Waals surface area contributed by atoms with E-state index in [-0.39, 0.29) is 24.2 Å². The lowest BCUT2D eigenvalue weighted by molar-refractivity contribution is 0.0223. The summed E-state index contributed by atoms with van der Waals surface area (Å²) in [5, 5.41) is 9.91. The van der Waals surface area contributed by atoms with Crippen LogP contribution in [0.4, 0.5) is 4.79 Å². The number of hydrogen-bond donors (Lipinski definition) is 0. The Kier molecular flexibility index (Phi) is 5.05. The Morgan fingerprint density at radius 1 is 1.12 bits per heavy atom. The van der Waals surface area contributed by atoms with E-state index < -0.39 is 0 Å². The molecule has 6 rings (SSSR count). The van der Waals surface area contributed by atoms with E-state index in [4.69, 9.17) is 19.0 Å². The third-order valence-corrected chi connectivity index (χ3v) is 6.98. The molecule has 2 aliphatic heterocycles. The van der Waals surface area contributed by atoms with Gasteiger partial charge in [-0.3, -0.25) is 4.68 Å². The summed E-state index contributed by atoms with van der Waals surface area (Å²) in [6.45, 7) is 2.79.